The summed E-state index contributed by atoms with van der Waals surface area (Å²) in [5.74, 6) is 0.958. The number of amides is 1. The van der Waals surface area contributed by atoms with E-state index >= 15 is 0 Å². The molecule has 0 spiro atoms. The first kappa shape index (κ1) is 11.9. The number of rotatable bonds is 4. The number of nitrogens with one attached hydrogen (secondary N) is 2. The van der Waals surface area contributed by atoms with Gasteiger partial charge in [0.25, 0.3) is 0 Å². The van der Waals surface area contributed by atoms with Crippen molar-refractivity contribution >= 4 is 5.91 Å². The van der Waals surface area contributed by atoms with E-state index in [2.05, 4.69) is 17.6 Å². The highest BCUT2D eigenvalue weighted by atomic mass is 16.1. The Balaban J connectivity index is 1.68. The molecule has 1 saturated carbocycles. The zero-order valence-corrected chi connectivity index (χ0v) is 10.3. The fraction of sp³-hybridized carbons (Fsp3) is 0.923. The van der Waals surface area contributed by atoms with Crippen molar-refractivity contribution in [3.05, 3.63) is 0 Å². The number of hydrogen-bond donors (Lipinski definition) is 2. The third-order valence-corrected chi connectivity index (χ3v) is 4.09. The van der Waals surface area contributed by atoms with E-state index in [4.69, 9.17) is 0 Å². The minimum atomic E-state index is 0.235. The van der Waals surface area contributed by atoms with Gasteiger partial charge in [-0.15, -0.1) is 0 Å². The third kappa shape index (κ3) is 3.21. The standard InChI is InChI=1S/C13H24N2O/c1-10(11-5-2-3-6-11)15-13(16)9-12-7-4-8-14-12/h10-12,14H,2-9H2,1H3,(H,15,16). The quantitative estimate of drug-likeness (QED) is 0.765. The Labute approximate surface area is 98.4 Å². The van der Waals surface area contributed by atoms with Crippen LogP contribution in [0.5, 0.6) is 0 Å². The van der Waals surface area contributed by atoms with E-state index < -0.39 is 0 Å². The molecule has 1 heterocycles. The monoisotopic (exact) mass is 224 g/mol. The van der Waals surface area contributed by atoms with Gasteiger partial charge in [-0.25, -0.2) is 0 Å². The Kier molecular flexibility index (Phi) is 4.22. The molecule has 1 amide bonds. The average Bonchev–Trinajstić information content (AvgIpc) is 2.88. The summed E-state index contributed by atoms with van der Waals surface area (Å²) in [5, 5.41) is 6.54. The van der Waals surface area contributed by atoms with Gasteiger partial charge in [-0.2, -0.15) is 0 Å². The lowest BCUT2D eigenvalue weighted by Gasteiger charge is -2.21. The summed E-state index contributed by atoms with van der Waals surface area (Å²) < 4.78 is 0. The van der Waals surface area contributed by atoms with Crippen molar-refractivity contribution < 1.29 is 4.79 Å². The van der Waals surface area contributed by atoms with Gasteiger partial charge in [0, 0.05) is 18.5 Å². The molecule has 0 aromatic heterocycles. The van der Waals surface area contributed by atoms with Crippen LogP contribution in [0.3, 0.4) is 0 Å². The van der Waals surface area contributed by atoms with E-state index in [1.807, 2.05) is 0 Å². The maximum absolute atomic E-state index is 11.8. The number of carbonyl (C=O) groups is 1. The molecule has 92 valence electrons. The largest absolute Gasteiger partial charge is 0.353 e. The molecule has 1 saturated heterocycles. The van der Waals surface area contributed by atoms with E-state index in [1.54, 1.807) is 0 Å². The van der Waals surface area contributed by atoms with Crippen LogP contribution in [0.2, 0.25) is 0 Å². The molecule has 0 aromatic rings. The van der Waals surface area contributed by atoms with Crippen LogP contribution in [0.15, 0.2) is 0 Å². The summed E-state index contributed by atoms with van der Waals surface area (Å²) >= 11 is 0. The van der Waals surface area contributed by atoms with Crippen molar-refractivity contribution in [3.8, 4) is 0 Å². The molecule has 0 radical (unpaired) electrons. The lowest BCUT2D eigenvalue weighted by atomic mass is 9.99. The Bertz CT molecular complexity index is 230. The first-order valence-corrected chi connectivity index (χ1v) is 6.78. The maximum Gasteiger partial charge on any atom is 0.221 e. The van der Waals surface area contributed by atoms with Crippen LogP contribution in [0.1, 0.15) is 51.9 Å². The van der Waals surface area contributed by atoms with Gasteiger partial charge in [-0.3, -0.25) is 4.79 Å². The van der Waals surface area contributed by atoms with Gasteiger partial charge >= 0.3 is 0 Å². The van der Waals surface area contributed by atoms with Crippen molar-refractivity contribution in [2.45, 2.75) is 64.0 Å². The van der Waals surface area contributed by atoms with E-state index in [0.717, 1.165) is 18.9 Å². The fourth-order valence-electron chi connectivity index (χ4n) is 3.04. The lowest BCUT2D eigenvalue weighted by Crippen LogP contribution is -2.40. The van der Waals surface area contributed by atoms with Gasteiger partial charge in [0.15, 0.2) is 0 Å². The smallest absolute Gasteiger partial charge is 0.221 e. The van der Waals surface area contributed by atoms with Gasteiger partial charge in [0.2, 0.25) is 5.91 Å². The van der Waals surface area contributed by atoms with Crippen LogP contribution >= 0.6 is 0 Å². The third-order valence-electron chi connectivity index (χ3n) is 4.09. The van der Waals surface area contributed by atoms with Crippen molar-refractivity contribution in [2.24, 2.45) is 5.92 Å². The van der Waals surface area contributed by atoms with Crippen molar-refractivity contribution in [1.29, 1.82) is 0 Å². The van der Waals surface area contributed by atoms with Gasteiger partial charge in [0.05, 0.1) is 0 Å². The Morgan fingerprint density at radius 3 is 2.69 bits per heavy atom. The molecule has 2 unspecified atom stereocenters. The van der Waals surface area contributed by atoms with E-state index in [9.17, 15) is 4.79 Å². The zero-order valence-electron chi connectivity index (χ0n) is 10.3. The molecule has 2 N–H and O–H groups in total. The molecule has 3 heteroatoms. The molecule has 2 aliphatic rings. The summed E-state index contributed by atoms with van der Waals surface area (Å²) in [6, 6.07) is 0.798. The summed E-state index contributed by atoms with van der Waals surface area (Å²) in [5.41, 5.74) is 0. The van der Waals surface area contributed by atoms with Crippen molar-refractivity contribution in [1.82, 2.24) is 10.6 Å². The van der Waals surface area contributed by atoms with E-state index in [1.165, 1.54) is 32.1 Å². The topological polar surface area (TPSA) is 41.1 Å². The normalized spacial score (nSPS) is 28.2. The molecule has 16 heavy (non-hydrogen) atoms. The first-order chi connectivity index (χ1) is 7.75. The second kappa shape index (κ2) is 5.67. The Morgan fingerprint density at radius 2 is 2.06 bits per heavy atom. The SMILES string of the molecule is CC(NC(=O)CC1CCCN1)C1CCCC1. The van der Waals surface area contributed by atoms with E-state index in [-0.39, 0.29) is 5.91 Å². The molecule has 2 fully saturated rings. The van der Waals surface area contributed by atoms with Gasteiger partial charge < -0.3 is 10.6 Å². The second-order valence-corrected chi connectivity index (χ2v) is 5.40. The van der Waals surface area contributed by atoms with Crippen LogP contribution in [-0.2, 0) is 4.79 Å². The average molecular weight is 224 g/mol. The Morgan fingerprint density at radius 1 is 1.31 bits per heavy atom. The summed E-state index contributed by atoms with van der Waals surface area (Å²) in [4.78, 5) is 11.8. The molecule has 2 rings (SSSR count). The van der Waals surface area contributed by atoms with Gasteiger partial charge in [-0.05, 0) is 45.1 Å². The van der Waals surface area contributed by atoms with Crippen LogP contribution in [-0.4, -0.2) is 24.5 Å². The van der Waals surface area contributed by atoms with Crippen LogP contribution in [0.25, 0.3) is 0 Å². The first-order valence-electron chi connectivity index (χ1n) is 6.78. The number of carbonyl (C=O) groups excluding carboxylic acids is 1. The molecule has 3 nitrogen and oxygen atoms in total. The van der Waals surface area contributed by atoms with Crippen molar-refractivity contribution in [3.63, 3.8) is 0 Å². The maximum atomic E-state index is 11.8. The molecule has 1 aliphatic heterocycles. The second-order valence-electron chi connectivity index (χ2n) is 5.40. The van der Waals surface area contributed by atoms with Crippen LogP contribution < -0.4 is 10.6 Å². The summed E-state index contributed by atoms with van der Waals surface area (Å²) in [6.07, 6.45) is 8.31. The van der Waals surface area contributed by atoms with Gasteiger partial charge in [0.1, 0.15) is 0 Å². The molecule has 1 aliphatic carbocycles. The van der Waals surface area contributed by atoms with Crippen LogP contribution in [0.4, 0.5) is 0 Å². The molecule has 0 aromatic carbocycles. The van der Waals surface area contributed by atoms with Gasteiger partial charge in [-0.1, -0.05) is 12.8 Å². The molecular weight excluding hydrogens is 200 g/mol. The molecule has 0 bridgehead atoms. The Hall–Kier alpha value is -0.570. The predicted molar refractivity (Wildman–Crippen MR) is 65.2 cm³/mol. The highest BCUT2D eigenvalue weighted by Crippen LogP contribution is 2.27. The molecule has 2 atom stereocenters. The summed E-state index contributed by atoms with van der Waals surface area (Å²) in [7, 11) is 0. The highest BCUT2D eigenvalue weighted by molar-refractivity contribution is 5.76. The summed E-state index contributed by atoms with van der Waals surface area (Å²) in [6.45, 7) is 3.24. The number of hydrogen-bond acceptors (Lipinski definition) is 2. The predicted octanol–water partition coefficient (Wildman–Crippen LogP) is 1.82. The lowest BCUT2D eigenvalue weighted by molar-refractivity contribution is -0.122. The molecular formula is C13H24N2O. The minimum absolute atomic E-state index is 0.235. The minimum Gasteiger partial charge on any atom is -0.353 e. The van der Waals surface area contributed by atoms with E-state index in [0.29, 0.717) is 18.5 Å². The highest BCUT2D eigenvalue weighted by Gasteiger charge is 2.24. The van der Waals surface area contributed by atoms with Crippen LogP contribution in [0, 0.1) is 5.92 Å². The zero-order chi connectivity index (χ0) is 11.4. The van der Waals surface area contributed by atoms with Crippen molar-refractivity contribution in [2.75, 3.05) is 6.54 Å². The fourth-order valence-corrected chi connectivity index (χ4v) is 3.04.